The van der Waals surface area contributed by atoms with Crippen LogP contribution in [-0.2, 0) is 6.54 Å². The number of thioether (sulfide) groups is 1. The summed E-state index contributed by atoms with van der Waals surface area (Å²) in [5.74, 6) is 1.79. The molecule has 0 aliphatic heterocycles. The minimum absolute atomic E-state index is 0.198. The first kappa shape index (κ1) is 18.2. The third kappa shape index (κ3) is 5.47. The third-order valence-electron chi connectivity index (χ3n) is 3.53. The Bertz CT molecular complexity index is 426. The molecule has 0 bridgehead atoms. The molecule has 1 rings (SSSR count). The van der Waals surface area contributed by atoms with E-state index in [-0.39, 0.29) is 5.82 Å². The van der Waals surface area contributed by atoms with Gasteiger partial charge >= 0.3 is 0 Å². The first-order valence-electron chi connectivity index (χ1n) is 7.57. The van der Waals surface area contributed by atoms with Gasteiger partial charge in [0.15, 0.2) is 11.6 Å². The van der Waals surface area contributed by atoms with Gasteiger partial charge in [-0.15, -0.1) is 0 Å². The normalized spacial score (nSPS) is 12.7. The molecule has 0 amide bonds. The van der Waals surface area contributed by atoms with Gasteiger partial charge in [0.25, 0.3) is 0 Å². The number of pyridine rings is 1. The van der Waals surface area contributed by atoms with E-state index >= 15 is 0 Å². The van der Waals surface area contributed by atoms with E-state index < -0.39 is 0 Å². The molecule has 1 heterocycles. The molecule has 0 spiro atoms. The van der Waals surface area contributed by atoms with Crippen molar-refractivity contribution in [2.75, 3.05) is 30.5 Å². The van der Waals surface area contributed by atoms with E-state index in [0.717, 1.165) is 18.7 Å². The van der Waals surface area contributed by atoms with E-state index in [4.69, 9.17) is 0 Å². The molecule has 0 radical (unpaired) electrons. The number of hydrogen-bond donors (Lipinski definition) is 1. The Balaban J connectivity index is 2.83. The van der Waals surface area contributed by atoms with Crippen LogP contribution in [0.3, 0.4) is 0 Å². The summed E-state index contributed by atoms with van der Waals surface area (Å²) < 4.78 is 14.6. The molecule has 1 N–H and O–H groups in total. The first-order chi connectivity index (χ1) is 10.0. The van der Waals surface area contributed by atoms with Crippen LogP contribution >= 0.6 is 11.8 Å². The van der Waals surface area contributed by atoms with E-state index in [1.165, 1.54) is 0 Å². The lowest BCUT2D eigenvalue weighted by Crippen LogP contribution is -2.34. The highest BCUT2D eigenvalue weighted by molar-refractivity contribution is 7.98. The average Bonchev–Trinajstić information content (AvgIpc) is 2.45. The molecule has 0 aliphatic rings. The van der Waals surface area contributed by atoms with Crippen molar-refractivity contribution in [3.05, 3.63) is 23.6 Å². The second kappa shape index (κ2) is 9.26. The van der Waals surface area contributed by atoms with Crippen LogP contribution in [0.25, 0.3) is 0 Å². The first-order valence-corrected chi connectivity index (χ1v) is 8.96. The fourth-order valence-corrected chi connectivity index (χ4v) is 3.06. The quantitative estimate of drug-likeness (QED) is 0.755. The molecule has 120 valence electrons. The van der Waals surface area contributed by atoms with Gasteiger partial charge in [-0.25, -0.2) is 9.37 Å². The molecule has 1 unspecified atom stereocenters. The van der Waals surface area contributed by atoms with Gasteiger partial charge in [-0.3, -0.25) is 0 Å². The van der Waals surface area contributed by atoms with E-state index in [0.29, 0.717) is 29.9 Å². The molecule has 1 atom stereocenters. The molecular formula is C16H28FN3S. The van der Waals surface area contributed by atoms with Gasteiger partial charge in [-0.05, 0) is 31.2 Å². The van der Waals surface area contributed by atoms with Gasteiger partial charge in [0.1, 0.15) is 0 Å². The zero-order chi connectivity index (χ0) is 15.8. The lowest BCUT2D eigenvalue weighted by atomic mass is 10.2. The SMILES string of the molecule is CCC(CSC)N(C)c1nccc(CNCC(C)C)c1F. The maximum absolute atomic E-state index is 14.6. The van der Waals surface area contributed by atoms with Gasteiger partial charge < -0.3 is 10.2 Å². The minimum Gasteiger partial charge on any atom is -0.353 e. The summed E-state index contributed by atoms with van der Waals surface area (Å²) in [6.45, 7) is 7.85. The fourth-order valence-electron chi connectivity index (χ4n) is 2.22. The summed E-state index contributed by atoms with van der Waals surface area (Å²) in [6.07, 6.45) is 4.76. The standard InChI is InChI=1S/C16H28FN3S/c1-6-14(11-21-5)20(4)16-15(17)13(7-8-19-16)10-18-9-12(2)3/h7-8,12,14,18H,6,9-11H2,1-5H3. The Morgan fingerprint density at radius 3 is 2.71 bits per heavy atom. The fraction of sp³-hybridized carbons (Fsp3) is 0.688. The summed E-state index contributed by atoms with van der Waals surface area (Å²) in [5.41, 5.74) is 0.687. The lowest BCUT2D eigenvalue weighted by molar-refractivity contribution is 0.529. The predicted octanol–water partition coefficient (Wildman–Crippen LogP) is 3.54. The minimum atomic E-state index is -0.198. The van der Waals surface area contributed by atoms with Crippen LogP contribution in [0.4, 0.5) is 10.2 Å². The second-order valence-corrected chi connectivity index (χ2v) is 6.67. The summed E-state index contributed by atoms with van der Waals surface area (Å²) in [4.78, 5) is 6.22. The topological polar surface area (TPSA) is 28.2 Å². The summed E-state index contributed by atoms with van der Waals surface area (Å²) in [7, 11) is 1.93. The van der Waals surface area contributed by atoms with Crippen molar-refractivity contribution in [3.8, 4) is 0 Å². The molecule has 0 fully saturated rings. The van der Waals surface area contributed by atoms with Crippen molar-refractivity contribution in [1.82, 2.24) is 10.3 Å². The number of halogens is 1. The number of anilines is 1. The van der Waals surface area contributed by atoms with Crippen LogP contribution < -0.4 is 10.2 Å². The van der Waals surface area contributed by atoms with Crippen molar-refractivity contribution in [2.24, 2.45) is 5.92 Å². The Morgan fingerprint density at radius 1 is 1.43 bits per heavy atom. The van der Waals surface area contributed by atoms with Crippen molar-refractivity contribution in [3.63, 3.8) is 0 Å². The maximum atomic E-state index is 14.6. The molecule has 1 aromatic rings. The van der Waals surface area contributed by atoms with E-state index in [9.17, 15) is 4.39 Å². The van der Waals surface area contributed by atoms with Crippen molar-refractivity contribution >= 4 is 17.6 Å². The third-order valence-corrected chi connectivity index (χ3v) is 4.25. The number of hydrogen-bond acceptors (Lipinski definition) is 4. The van der Waals surface area contributed by atoms with Crippen molar-refractivity contribution in [2.45, 2.75) is 39.8 Å². The Morgan fingerprint density at radius 2 is 2.14 bits per heavy atom. The highest BCUT2D eigenvalue weighted by Crippen LogP contribution is 2.22. The van der Waals surface area contributed by atoms with Crippen LogP contribution in [-0.4, -0.2) is 36.6 Å². The van der Waals surface area contributed by atoms with Gasteiger partial charge in [0, 0.05) is 37.1 Å². The molecule has 21 heavy (non-hydrogen) atoms. The Kier molecular flexibility index (Phi) is 8.04. The lowest BCUT2D eigenvalue weighted by Gasteiger charge is -2.28. The molecule has 0 saturated heterocycles. The molecular weight excluding hydrogens is 285 g/mol. The largest absolute Gasteiger partial charge is 0.353 e. The summed E-state index contributed by atoms with van der Waals surface area (Å²) >= 11 is 1.78. The zero-order valence-corrected chi connectivity index (χ0v) is 14.6. The van der Waals surface area contributed by atoms with Crippen LogP contribution in [0.2, 0.25) is 0 Å². The van der Waals surface area contributed by atoms with Gasteiger partial charge in [0.05, 0.1) is 0 Å². The summed E-state index contributed by atoms with van der Waals surface area (Å²) in [5, 5.41) is 3.29. The van der Waals surface area contributed by atoms with Crippen LogP contribution in [0, 0.1) is 11.7 Å². The van der Waals surface area contributed by atoms with E-state index in [2.05, 4.69) is 37.3 Å². The Hall–Kier alpha value is -0.810. The van der Waals surface area contributed by atoms with Gasteiger partial charge in [0.2, 0.25) is 0 Å². The number of aromatic nitrogens is 1. The number of rotatable bonds is 9. The number of nitrogens with zero attached hydrogens (tertiary/aromatic N) is 2. The molecule has 0 saturated carbocycles. The highest BCUT2D eigenvalue weighted by atomic mass is 32.2. The van der Waals surface area contributed by atoms with Crippen LogP contribution in [0.15, 0.2) is 12.3 Å². The maximum Gasteiger partial charge on any atom is 0.170 e. The highest BCUT2D eigenvalue weighted by Gasteiger charge is 2.19. The summed E-state index contributed by atoms with van der Waals surface area (Å²) in [6, 6.07) is 2.07. The zero-order valence-electron chi connectivity index (χ0n) is 13.8. The van der Waals surface area contributed by atoms with Gasteiger partial charge in [-0.1, -0.05) is 20.8 Å². The van der Waals surface area contributed by atoms with E-state index in [1.54, 1.807) is 24.0 Å². The predicted molar refractivity (Wildman–Crippen MR) is 91.6 cm³/mol. The monoisotopic (exact) mass is 313 g/mol. The molecule has 5 heteroatoms. The second-order valence-electron chi connectivity index (χ2n) is 5.76. The van der Waals surface area contributed by atoms with Crippen molar-refractivity contribution < 1.29 is 4.39 Å². The smallest absolute Gasteiger partial charge is 0.170 e. The molecule has 1 aromatic heterocycles. The van der Waals surface area contributed by atoms with Crippen LogP contribution in [0.5, 0.6) is 0 Å². The molecule has 3 nitrogen and oxygen atoms in total. The average molecular weight is 313 g/mol. The molecule has 0 aromatic carbocycles. The van der Waals surface area contributed by atoms with Crippen LogP contribution in [0.1, 0.15) is 32.8 Å². The van der Waals surface area contributed by atoms with Gasteiger partial charge in [-0.2, -0.15) is 11.8 Å². The molecule has 0 aliphatic carbocycles. The Labute approximate surface area is 132 Å². The number of nitrogens with one attached hydrogen (secondary N) is 1. The van der Waals surface area contributed by atoms with Crippen molar-refractivity contribution in [1.29, 1.82) is 0 Å². The van der Waals surface area contributed by atoms with E-state index in [1.807, 2.05) is 11.9 Å².